The smallest absolute Gasteiger partial charge is 0.162 e. The van der Waals surface area contributed by atoms with Crippen LogP contribution in [0.5, 0.6) is 0 Å². The number of allylic oxidation sites excluding steroid dienone is 1. The number of ether oxygens (including phenoxy) is 2. The lowest BCUT2D eigenvalue weighted by Gasteiger charge is -2.33. The Morgan fingerprint density at radius 1 is 1.56 bits per heavy atom. The molecule has 1 atom stereocenters. The maximum atomic E-state index is 5.66. The molecule has 1 heterocycles. The molecule has 0 aromatic rings. The second kappa shape index (κ2) is 5.55. The van der Waals surface area contributed by atoms with Gasteiger partial charge in [0.15, 0.2) is 5.79 Å². The fraction of sp³-hybridized carbons (Fsp3) is 0.833. The van der Waals surface area contributed by atoms with E-state index in [0.29, 0.717) is 12.6 Å². The number of methoxy groups -OCH3 is 1. The second-order valence-corrected chi connectivity index (χ2v) is 4.75. The van der Waals surface area contributed by atoms with E-state index in [4.69, 9.17) is 9.47 Å². The monoisotopic (exact) mass is 228 g/mol. The molecule has 0 fully saturated rings. The molecule has 94 valence electrons. The third kappa shape index (κ3) is 4.02. The largest absolute Gasteiger partial charge is 0.385 e. The van der Waals surface area contributed by atoms with Gasteiger partial charge in [-0.25, -0.2) is 0 Å². The molecule has 0 aliphatic carbocycles. The Bertz CT molecular complexity index is 251. The summed E-state index contributed by atoms with van der Waals surface area (Å²) >= 11 is 0. The first kappa shape index (κ1) is 13.3. The van der Waals surface area contributed by atoms with Crippen LogP contribution in [0.2, 0.25) is 0 Å². The lowest BCUT2D eigenvalue weighted by molar-refractivity contribution is -0.198. The molecule has 0 aromatic carbocycles. The molecule has 16 heavy (non-hydrogen) atoms. The van der Waals surface area contributed by atoms with Crippen LogP contribution in [-0.4, -0.2) is 44.0 Å². The highest BCUT2D eigenvalue weighted by atomic mass is 16.7. The van der Waals surface area contributed by atoms with Crippen molar-refractivity contribution in [2.45, 2.75) is 39.0 Å². The summed E-state index contributed by atoms with van der Waals surface area (Å²) in [6.45, 7) is 7.64. The zero-order valence-corrected chi connectivity index (χ0v) is 11.0. The van der Waals surface area contributed by atoms with Gasteiger partial charge in [-0.05, 0) is 27.2 Å². The van der Waals surface area contributed by atoms with Crippen molar-refractivity contribution in [2.75, 3.05) is 27.3 Å². The lowest BCUT2D eigenvalue weighted by atomic mass is 10.1. The number of rotatable bonds is 5. The molecule has 0 saturated carbocycles. The van der Waals surface area contributed by atoms with E-state index in [0.717, 1.165) is 13.0 Å². The Balaban J connectivity index is 2.29. The number of nitrogens with one attached hydrogen (secondary N) is 1. The van der Waals surface area contributed by atoms with E-state index in [1.165, 1.54) is 5.70 Å². The molecule has 0 saturated heterocycles. The van der Waals surface area contributed by atoms with Gasteiger partial charge < -0.3 is 19.7 Å². The molecule has 0 amide bonds. The van der Waals surface area contributed by atoms with Crippen LogP contribution in [0.25, 0.3) is 0 Å². The number of hydrogen-bond acceptors (Lipinski definition) is 4. The first-order valence-electron chi connectivity index (χ1n) is 5.78. The van der Waals surface area contributed by atoms with Crippen LogP contribution in [0.3, 0.4) is 0 Å². The summed E-state index contributed by atoms with van der Waals surface area (Å²) in [5.74, 6) is -0.480. The van der Waals surface area contributed by atoms with Crippen LogP contribution < -0.4 is 5.32 Å². The average molecular weight is 228 g/mol. The molecule has 1 rings (SSSR count). The van der Waals surface area contributed by atoms with E-state index < -0.39 is 5.79 Å². The van der Waals surface area contributed by atoms with Crippen molar-refractivity contribution in [3.63, 3.8) is 0 Å². The van der Waals surface area contributed by atoms with E-state index in [1.807, 2.05) is 13.8 Å². The Kier molecular flexibility index (Phi) is 4.62. The van der Waals surface area contributed by atoms with E-state index in [-0.39, 0.29) is 0 Å². The Morgan fingerprint density at radius 3 is 2.81 bits per heavy atom. The summed E-state index contributed by atoms with van der Waals surface area (Å²) in [5.41, 5.74) is 1.22. The van der Waals surface area contributed by atoms with E-state index in [2.05, 4.69) is 30.4 Å². The minimum Gasteiger partial charge on any atom is -0.385 e. The first-order valence-corrected chi connectivity index (χ1v) is 5.78. The number of likely N-dealkylation sites (N-methyl/N-ethyl adjacent to an activating group) is 1. The summed E-state index contributed by atoms with van der Waals surface area (Å²) in [4.78, 5) is 2.25. The number of nitrogens with zero attached hydrogens (tertiary/aromatic N) is 1. The third-order valence-corrected chi connectivity index (χ3v) is 2.98. The fourth-order valence-electron chi connectivity index (χ4n) is 1.68. The molecule has 0 aromatic heterocycles. The molecule has 1 unspecified atom stereocenters. The first-order chi connectivity index (χ1) is 7.44. The van der Waals surface area contributed by atoms with Crippen LogP contribution in [0.15, 0.2) is 11.9 Å². The highest BCUT2D eigenvalue weighted by Gasteiger charge is 2.20. The van der Waals surface area contributed by atoms with Gasteiger partial charge in [-0.2, -0.15) is 0 Å². The van der Waals surface area contributed by atoms with Crippen LogP contribution >= 0.6 is 0 Å². The molecule has 1 aliphatic heterocycles. The quantitative estimate of drug-likeness (QED) is 0.724. The molecule has 1 N–H and O–H groups in total. The van der Waals surface area contributed by atoms with Crippen molar-refractivity contribution >= 4 is 0 Å². The normalized spacial score (nSPS) is 21.7. The van der Waals surface area contributed by atoms with E-state index >= 15 is 0 Å². The molecular formula is C12H24N2O2. The van der Waals surface area contributed by atoms with Crippen molar-refractivity contribution < 1.29 is 9.47 Å². The Labute approximate surface area is 98.6 Å². The average Bonchev–Trinajstić information content (AvgIpc) is 2.21. The van der Waals surface area contributed by atoms with Crippen LogP contribution in [-0.2, 0) is 9.47 Å². The highest BCUT2D eigenvalue weighted by Crippen LogP contribution is 2.13. The van der Waals surface area contributed by atoms with E-state index in [1.54, 1.807) is 7.11 Å². The molecule has 0 spiro atoms. The van der Waals surface area contributed by atoms with Gasteiger partial charge in [0.2, 0.25) is 0 Å². The SMILES string of the molecule is COC(C)(C)OCCC1CNC(C)=CN1C. The van der Waals surface area contributed by atoms with E-state index in [9.17, 15) is 0 Å². The maximum Gasteiger partial charge on any atom is 0.162 e. The minimum atomic E-state index is -0.480. The zero-order valence-electron chi connectivity index (χ0n) is 11.0. The molecular weight excluding hydrogens is 204 g/mol. The van der Waals surface area contributed by atoms with Crippen molar-refractivity contribution in [3.05, 3.63) is 11.9 Å². The number of hydrogen-bond donors (Lipinski definition) is 1. The van der Waals surface area contributed by atoms with Gasteiger partial charge in [0.1, 0.15) is 0 Å². The molecule has 4 heteroatoms. The Morgan fingerprint density at radius 2 is 2.25 bits per heavy atom. The van der Waals surface area contributed by atoms with Gasteiger partial charge in [-0.3, -0.25) is 0 Å². The summed E-state index contributed by atoms with van der Waals surface area (Å²) in [6, 6.07) is 0.497. The predicted octanol–water partition coefficient (Wildman–Crippen LogP) is 1.54. The Hall–Kier alpha value is -0.740. The predicted molar refractivity (Wildman–Crippen MR) is 65.0 cm³/mol. The molecule has 1 aliphatic rings. The van der Waals surface area contributed by atoms with Crippen molar-refractivity contribution in [1.29, 1.82) is 0 Å². The van der Waals surface area contributed by atoms with Gasteiger partial charge >= 0.3 is 0 Å². The summed E-state index contributed by atoms with van der Waals surface area (Å²) in [5, 5.41) is 3.36. The van der Waals surface area contributed by atoms with Gasteiger partial charge in [0.25, 0.3) is 0 Å². The summed E-state index contributed by atoms with van der Waals surface area (Å²) < 4.78 is 10.9. The maximum absolute atomic E-state index is 5.66. The van der Waals surface area contributed by atoms with Crippen LogP contribution in [0.4, 0.5) is 0 Å². The summed E-state index contributed by atoms with van der Waals surface area (Å²) in [7, 11) is 3.77. The van der Waals surface area contributed by atoms with Gasteiger partial charge in [0, 0.05) is 38.6 Å². The standard InChI is InChI=1S/C12H24N2O2/c1-10-9-14(4)11(8-13-10)6-7-16-12(2,3)15-5/h9,11,13H,6-8H2,1-5H3. The zero-order chi connectivity index (χ0) is 12.2. The van der Waals surface area contributed by atoms with Crippen molar-refractivity contribution in [2.24, 2.45) is 0 Å². The van der Waals surface area contributed by atoms with Crippen molar-refractivity contribution in [1.82, 2.24) is 10.2 Å². The topological polar surface area (TPSA) is 33.7 Å². The van der Waals surface area contributed by atoms with Gasteiger partial charge in [-0.15, -0.1) is 0 Å². The summed E-state index contributed by atoms with van der Waals surface area (Å²) in [6.07, 6.45) is 3.13. The van der Waals surface area contributed by atoms with Crippen LogP contribution in [0, 0.1) is 0 Å². The molecule has 0 bridgehead atoms. The minimum absolute atomic E-state index is 0.480. The second-order valence-electron chi connectivity index (χ2n) is 4.75. The van der Waals surface area contributed by atoms with Crippen LogP contribution in [0.1, 0.15) is 27.2 Å². The van der Waals surface area contributed by atoms with Crippen molar-refractivity contribution in [3.8, 4) is 0 Å². The fourth-order valence-corrected chi connectivity index (χ4v) is 1.68. The van der Waals surface area contributed by atoms with Gasteiger partial charge in [-0.1, -0.05) is 0 Å². The highest BCUT2D eigenvalue weighted by molar-refractivity contribution is 5.01. The molecule has 4 nitrogen and oxygen atoms in total. The molecule has 0 radical (unpaired) electrons. The third-order valence-electron chi connectivity index (χ3n) is 2.98. The lowest BCUT2D eigenvalue weighted by Crippen LogP contribution is -2.42. The van der Waals surface area contributed by atoms with Gasteiger partial charge in [0.05, 0.1) is 6.61 Å².